The molecule has 0 aliphatic heterocycles. The first-order valence-corrected chi connectivity index (χ1v) is 17.0. The van der Waals surface area contributed by atoms with Crippen molar-refractivity contribution in [1.82, 2.24) is 5.32 Å². The Kier molecular flexibility index (Phi) is 21.8. The summed E-state index contributed by atoms with van der Waals surface area (Å²) in [5, 5.41) is 2.74. The van der Waals surface area contributed by atoms with E-state index in [0.29, 0.717) is 112 Å². The molecule has 0 aromatic heterocycles. The molecule has 11 nitrogen and oxygen atoms in total. The van der Waals surface area contributed by atoms with Crippen LogP contribution < -0.4 is 5.32 Å². The fourth-order valence-corrected chi connectivity index (χ4v) is 4.97. The lowest BCUT2D eigenvalue weighted by molar-refractivity contribution is -0.0230. The first kappa shape index (κ1) is 38.8. The number of fused-ring (bicyclic) bond motifs is 3. The molecule has 0 atom stereocenters. The predicted molar refractivity (Wildman–Crippen MR) is 179 cm³/mol. The molecular weight excluding hydrogens is 606 g/mol. The van der Waals surface area contributed by atoms with Gasteiger partial charge < -0.3 is 47.9 Å². The Hall–Kier alpha value is -2.61. The largest absolute Gasteiger partial charge is 0.449 e. The second-order valence-electron chi connectivity index (χ2n) is 10.9. The van der Waals surface area contributed by atoms with Crippen LogP contribution in [0.3, 0.4) is 0 Å². The number of alkyl carbamates (subject to hydrolysis) is 1. The van der Waals surface area contributed by atoms with Crippen molar-refractivity contribution in [3.05, 3.63) is 59.7 Å². The Balaban J connectivity index is 0.994. The van der Waals surface area contributed by atoms with Gasteiger partial charge in [-0.3, -0.25) is 0 Å². The summed E-state index contributed by atoms with van der Waals surface area (Å²) in [6.45, 7) is 11.3. The molecule has 264 valence electrons. The fraction of sp³-hybridized carbons (Fsp3) is 0.639. The normalized spacial score (nSPS) is 12.3. The summed E-state index contributed by atoms with van der Waals surface area (Å²) in [5.74, 6) is 0.0430. The van der Waals surface area contributed by atoms with Crippen molar-refractivity contribution in [2.24, 2.45) is 0 Å². The van der Waals surface area contributed by atoms with E-state index in [-0.39, 0.29) is 5.92 Å². The highest BCUT2D eigenvalue weighted by Gasteiger charge is 2.28. The molecule has 3 rings (SSSR count). The predicted octanol–water partition coefficient (Wildman–Crippen LogP) is 4.85. The van der Waals surface area contributed by atoms with Gasteiger partial charge in [0.25, 0.3) is 0 Å². The molecule has 1 aliphatic carbocycles. The summed E-state index contributed by atoms with van der Waals surface area (Å²) in [4.78, 5) is 12.2. The number of rotatable bonds is 30. The Morgan fingerprint density at radius 1 is 0.532 bits per heavy atom. The van der Waals surface area contributed by atoms with Crippen LogP contribution in [0.1, 0.15) is 43.2 Å². The summed E-state index contributed by atoms with van der Waals surface area (Å²) in [7, 11) is 0. The Morgan fingerprint density at radius 2 is 0.915 bits per heavy atom. The van der Waals surface area contributed by atoms with Crippen LogP contribution in [-0.2, 0) is 42.6 Å². The first-order valence-electron chi connectivity index (χ1n) is 17.0. The molecule has 0 heterocycles. The SMILES string of the molecule is CCCCCOCCOCCOCCOCCOCCOCCOCCOCCNC(=O)OCC1c2ccccc2-c2ccccc21. The molecular formula is C36H55NO10. The monoisotopic (exact) mass is 661 g/mol. The van der Waals surface area contributed by atoms with E-state index in [2.05, 4.69) is 36.5 Å². The smallest absolute Gasteiger partial charge is 0.407 e. The molecule has 2 aromatic carbocycles. The molecule has 1 amide bonds. The first-order chi connectivity index (χ1) is 23.3. The molecule has 0 spiro atoms. The van der Waals surface area contributed by atoms with E-state index in [9.17, 15) is 4.79 Å². The van der Waals surface area contributed by atoms with E-state index in [1.165, 1.54) is 35.1 Å². The van der Waals surface area contributed by atoms with Crippen LogP contribution in [-0.4, -0.2) is 125 Å². The van der Waals surface area contributed by atoms with Crippen molar-refractivity contribution < 1.29 is 47.4 Å². The maximum absolute atomic E-state index is 12.2. The van der Waals surface area contributed by atoms with E-state index in [0.717, 1.165) is 13.0 Å². The van der Waals surface area contributed by atoms with E-state index in [1.54, 1.807) is 0 Å². The Bertz CT molecular complexity index is 1030. The van der Waals surface area contributed by atoms with Gasteiger partial charge in [-0.15, -0.1) is 0 Å². The van der Waals surface area contributed by atoms with E-state index < -0.39 is 6.09 Å². The van der Waals surface area contributed by atoms with Gasteiger partial charge in [-0.2, -0.15) is 0 Å². The number of unbranched alkanes of at least 4 members (excludes halogenated alkanes) is 2. The molecule has 11 heteroatoms. The minimum atomic E-state index is -0.447. The summed E-state index contributed by atoms with van der Waals surface area (Å²) in [6, 6.07) is 16.5. The zero-order valence-electron chi connectivity index (χ0n) is 28.1. The third-order valence-electron chi connectivity index (χ3n) is 7.36. The van der Waals surface area contributed by atoms with Gasteiger partial charge in [-0.05, 0) is 28.7 Å². The molecule has 0 radical (unpaired) electrons. The van der Waals surface area contributed by atoms with Crippen molar-refractivity contribution in [1.29, 1.82) is 0 Å². The zero-order chi connectivity index (χ0) is 33.0. The number of carbonyl (C=O) groups excluding carboxylic acids is 1. The van der Waals surface area contributed by atoms with Crippen LogP contribution in [0, 0.1) is 0 Å². The quantitative estimate of drug-likeness (QED) is 0.117. The summed E-state index contributed by atoms with van der Waals surface area (Å²) >= 11 is 0. The summed E-state index contributed by atoms with van der Waals surface area (Å²) < 4.78 is 49.5. The molecule has 1 aliphatic rings. The van der Waals surface area contributed by atoms with Crippen LogP contribution in [0.25, 0.3) is 11.1 Å². The van der Waals surface area contributed by atoms with Crippen molar-refractivity contribution in [3.63, 3.8) is 0 Å². The van der Waals surface area contributed by atoms with E-state index in [4.69, 9.17) is 42.6 Å². The Morgan fingerprint density at radius 3 is 1.34 bits per heavy atom. The number of ether oxygens (including phenoxy) is 9. The lowest BCUT2D eigenvalue weighted by atomic mass is 9.98. The number of hydrogen-bond donors (Lipinski definition) is 1. The average Bonchev–Trinajstić information content (AvgIpc) is 3.42. The Labute approximate surface area is 280 Å². The number of carbonyl (C=O) groups is 1. The van der Waals surface area contributed by atoms with Crippen LogP contribution >= 0.6 is 0 Å². The number of nitrogens with one attached hydrogen (secondary N) is 1. The topological polar surface area (TPSA) is 112 Å². The minimum Gasteiger partial charge on any atom is -0.449 e. The highest BCUT2D eigenvalue weighted by Crippen LogP contribution is 2.44. The van der Waals surface area contributed by atoms with Gasteiger partial charge in [0.1, 0.15) is 6.61 Å². The van der Waals surface area contributed by atoms with Crippen molar-refractivity contribution in [3.8, 4) is 11.1 Å². The molecule has 0 bridgehead atoms. The highest BCUT2D eigenvalue weighted by molar-refractivity contribution is 5.79. The van der Waals surface area contributed by atoms with Gasteiger partial charge in [0, 0.05) is 19.1 Å². The van der Waals surface area contributed by atoms with Gasteiger partial charge in [-0.25, -0.2) is 4.79 Å². The fourth-order valence-electron chi connectivity index (χ4n) is 4.97. The number of benzene rings is 2. The summed E-state index contributed by atoms with van der Waals surface area (Å²) in [5.41, 5.74) is 4.79. The standard InChI is InChI=1S/C36H55NO10/c1-2-3-8-14-39-16-18-41-20-22-43-24-26-45-28-29-46-27-25-44-23-21-42-19-17-40-15-13-37-36(38)47-30-35-33-11-6-4-9-31(33)32-10-5-7-12-34(32)35/h4-7,9-12,35H,2-3,8,13-30H2,1H3,(H,37,38). The van der Waals surface area contributed by atoms with Gasteiger partial charge in [-0.1, -0.05) is 68.3 Å². The maximum Gasteiger partial charge on any atom is 0.407 e. The second-order valence-corrected chi connectivity index (χ2v) is 10.9. The molecule has 47 heavy (non-hydrogen) atoms. The van der Waals surface area contributed by atoms with E-state index >= 15 is 0 Å². The van der Waals surface area contributed by atoms with Gasteiger partial charge in [0.15, 0.2) is 0 Å². The van der Waals surface area contributed by atoms with Crippen LogP contribution in [0.15, 0.2) is 48.5 Å². The van der Waals surface area contributed by atoms with E-state index in [1.807, 2.05) is 24.3 Å². The van der Waals surface area contributed by atoms with Crippen LogP contribution in [0.5, 0.6) is 0 Å². The van der Waals surface area contributed by atoms with Gasteiger partial charge >= 0.3 is 6.09 Å². The molecule has 0 unspecified atom stereocenters. The second kappa shape index (κ2) is 26.4. The van der Waals surface area contributed by atoms with Crippen LogP contribution in [0.4, 0.5) is 4.79 Å². The van der Waals surface area contributed by atoms with Gasteiger partial charge in [0.05, 0.1) is 99.1 Å². The highest BCUT2D eigenvalue weighted by atomic mass is 16.6. The minimum absolute atomic E-state index is 0.0430. The van der Waals surface area contributed by atoms with Gasteiger partial charge in [0.2, 0.25) is 0 Å². The lowest BCUT2D eigenvalue weighted by Crippen LogP contribution is -2.29. The zero-order valence-corrected chi connectivity index (χ0v) is 28.1. The van der Waals surface area contributed by atoms with Crippen molar-refractivity contribution in [2.45, 2.75) is 32.1 Å². The number of amides is 1. The molecule has 0 saturated heterocycles. The van der Waals surface area contributed by atoms with Crippen LogP contribution in [0.2, 0.25) is 0 Å². The molecule has 1 N–H and O–H groups in total. The molecule has 2 aromatic rings. The number of hydrogen-bond acceptors (Lipinski definition) is 10. The molecule has 0 saturated carbocycles. The average molecular weight is 662 g/mol. The lowest BCUT2D eigenvalue weighted by Gasteiger charge is -2.14. The molecule has 0 fully saturated rings. The van der Waals surface area contributed by atoms with Crippen molar-refractivity contribution in [2.75, 3.05) is 119 Å². The summed E-state index contributed by atoms with van der Waals surface area (Å²) in [6.07, 6.45) is 3.09. The maximum atomic E-state index is 12.2. The van der Waals surface area contributed by atoms with Crippen molar-refractivity contribution >= 4 is 6.09 Å². The third-order valence-corrected chi connectivity index (χ3v) is 7.36. The third kappa shape index (κ3) is 16.9.